The van der Waals surface area contributed by atoms with Gasteiger partial charge in [-0.25, -0.2) is 0 Å². The summed E-state index contributed by atoms with van der Waals surface area (Å²) >= 11 is 0. The average Bonchev–Trinajstić information content (AvgIpc) is 2.60. The maximum absolute atomic E-state index is 12.4. The smallest absolute Gasteiger partial charge is 0.303 e. The van der Waals surface area contributed by atoms with Crippen LogP contribution in [-0.4, -0.2) is 28.5 Å². The van der Waals surface area contributed by atoms with Gasteiger partial charge in [0.05, 0.1) is 16.0 Å². The van der Waals surface area contributed by atoms with E-state index in [-0.39, 0.29) is 18.0 Å². The summed E-state index contributed by atoms with van der Waals surface area (Å²) in [5.41, 5.74) is 0.609. The molecule has 0 saturated heterocycles. The van der Waals surface area contributed by atoms with E-state index in [1.165, 1.54) is 6.07 Å². The molecular weight excluding hydrogens is 324 g/mol. The minimum absolute atomic E-state index is 0.00544. The van der Waals surface area contributed by atoms with Crippen molar-refractivity contribution < 1.29 is 19.6 Å². The summed E-state index contributed by atoms with van der Waals surface area (Å²) in [5, 5.41) is 21.1. The molecule has 1 amide bonds. The number of nitro benzene ring substituents is 1. The van der Waals surface area contributed by atoms with Crippen molar-refractivity contribution in [2.75, 3.05) is 11.4 Å². The van der Waals surface area contributed by atoms with Crippen molar-refractivity contribution in [2.24, 2.45) is 0 Å². The highest BCUT2D eigenvalue weighted by Gasteiger charge is 2.19. The Hall–Kier alpha value is -2.96. The summed E-state index contributed by atoms with van der Waals surface area (Å²) in [7, 11) is 0. The van der Waals surface area contributed by atoms with E-state index in [1.807, 2.05) is 0 Å². The number of anilines is 1. The van der Waals surface area contributed by atoms with E-state index in [2.05, 4.69) is 0 Å². The van der Waals surface area contributed by atoms with Crippen molar-refractivity contribution in [1.82, 2.24) is 0 Å². The molecule has 1 N–H and O–H groups in total. The number of amides is 1. The van der Waals surface area contributed by atoms with Gasteiger partial charge >= 0.3 is 5.97 Å². The predicted molar refractivity (Wildman–Crippen MR) is 94.7 cm³/mol. The minimum atomic E-state index is -0.867. The zero-order valence-corrected chi connectivity index (χ0v) is 14.0. The molecule has 0 unspecified atom stereocenters. The number of unbranched alkanes of at least 4 members (excludes halogenated alkanes) is 1. The maximum Gasteiger partial charge on any atom is 0.303 e. The van der Waals surface area contributed by atoms with Crippen LogP contribution in [0.2, 0.25) is 0 Å². The quantitative estimate of drug-likeness (QED) is 0.446. The summed E-state index contributed by atoms with van der Waals surface area (Å²) in [5.74, 6) is -0.969. The molecule has 0 aliphatic rings. The van der Waals surface area contributed by atoms with Crippen LogP contribution in [0.1, 0.15) is 32.6 Å². The van der Waals surface area contributed by atoms with Gasteiger partial charge in [0.2, 0.25) is 5.91 Å². The van der Waals surface area contributed by atoms with Crippen LogP contribution in [0.25, 0.3) is 10.8 Å². The molecule has 7 heteroatoms. The third-order valence-corrected chi connectivity index (χ3v) is 3.99. The van der Waals surface area contributed by atoms with Crippen LogP contribution in [0.15, 0.2) is 36.4 Å². The van der Waals surface area contributed by atoms with Crippen LogP contribution in [0.5, 0.6) is 0 Å². The van der Waals surface area contributed by atoms with Gasteiger partial charge in [-0.2, -0.15) is 0 Å². The van der Waals surface area contributed by atoms with Crippen LogP contribution in [0.3, 0.4) is 0 Å². The zero-order valence-electron chi connectivity index (χ0n) is 14.0. The molecule has 0 bridgehead atoms. The number of aliphatic carboxylic acids is 1. The van der Waals surface area contributed by atoms with Crippen LogP contribution < -0.4 is 4.90 Å². The molecular formula is C18H20N2O5. The minimum Gasteiger partial charge on any atom is -0.481 e. The lowest BCUT2D eigenvalue weighted by Gasteiger charge is -2.24. The van der Waals surface area contributed by atoms with Gasteiger partial charge in [-0.3, -0.25) is 19.7 Å². The number of carboxylic acids is 1. The normalized spacial score (nSPS) is 10.6. The van der Waals surface area contributed by atoms with Gasteiger partial charge in [-0.1, -0.05) is 25.1 Å². The molecule has 0 spiro atoms. The number of benzene rings is 2. The molecule has 0 aromatic heterocycles. The van der Waals surface area contributed by atoms with Crippen molar-refractivity contribution in [3.63, 3.8) is 0 Å². The first-order valence-corrected chi connectivity index (χ1v) is 8.14. The molecule has 0 saturated carbocycles. The second-order valence-electron chi connectivity index (χ2n) is 5.66. The predicted octanol–water partition coefficient (Wildman–Crippen LogP) is 3.75. The first kappa shape index (κ1) is 18.4. The van der Waals surface area contributed by atoms with Gasteiger partial charge in [-0.15, -0.1) is 0 Å². The second-order valence-corrected chi connectivity index (χ2v) is 5.66. The lowest BCUT2D eigenvalue weighted by Crippen LogP contribution is -2.31. The highest BCUT2D eigenvalue weighted by molar-refractivity contribution is 6.06. The van der Waals surface area contributed by atoms with E-state index in [0.29, 0.717) is 42.3 Å². The first-order valence-electron chi connectivity index (χ1n) is 8.14. The maximum atomic E-state index is 12.4. The number of fused-ring (bicyclic) bond motifs is 1. The number of nitro groups is 1. The van der Waals surface area contributed by atoms with E-state index in [9.17, 15) is 19.7 Å². The molecule has 0 radical (unpaired) electrons. The fourth-order valence-corrected chi connectivity index (χ4v) is 2.79. The van der Waals surface area contributed by atoms with E-state index >= 15 is 0 Å². The number of nitrogens with zero attached hydrogens (tertiary/aromatic N) is 2. The molecule has 0 fully saturated rings. The van der Waals surface area contributed by atoms with Crippen LogP contribution in [0, 0.1) is 10.1 Å². The SMILES string of the molecule is CCC(=O)N(CCCCC(=O)O)c1cccc2c([N+](=O)[O-])cccc12. The number of carbonyl (C=O) groups is 2. The molecule has 0 aliphatic heterocycles. The number of hydrogen-bond acceptors (Lipinski definition) is 4. The summed E-state index contributed by atoms with van der Waals surface area (Å²) in [4.78, 5) is 35.4. The van der Waals surface area contributed by atoms with Crippen molar-refractivity contribution in [2.45, 2.75) is 32.6 Å². The Labute approximate surface area is 145 Å². The van der Waals surface area contributed by atoms with E-state index < -0.39 is 10.9 Å². The Morgan fingerprint density at radius 3 is 2.44 bits per heavy atom. The zero-order chi connectivity index (χ0) is 18.4. The van der Waals surface area contributed by atoms with Gasteiger partial charge in [0.1, 0.15) is 0 Å². The summed E-state index contributed by atoms with van der Waals surface area (Å²) in [6.45, 7) is 2.13. The monoisotopic (exact) mass is 344 g/mol. The van der Waals surface area contributed by atoms with Crippen molar-refractivity contribution in [1.29, 1.82) is 0 Å². The topological polar surface area (TPSA) is 101 Å². The third kappa shape index (κ3) is 4.32. The second kappa shape index (κ2) is 8.23. The van der Waals surface area contributed by atoms with Gasteiger partial charge < -0.3 is 10.0 Å². The Morgan fingerprint density at radius 1 is 1.12 bits per heavy atom. The Kier molecular flexibility index (Phi) is 6.05. The van der Waals surface area contributed by atoms with E-state index in [1.54, 1.807) is 42.2 Å². The number of rotatable bonds is 8. The van der Waals surface area contributed by atoms with Gasteiger partial charge in [0.15, 0.2) is 0 Å². The van der Waals surface area contributed by atoms with E-state index in [0.717, 1.165) is 0 Å². The van der Waals surface area contributed by atoms with Crippen LogP contribution in [0.4, 0.5) is 11.4 Å². The lowest BCUT2D eigenvalue weighted by atomic mass is 10.1. The highest BCUT2D eigenvalue weighted by atomic mass is 16.6. The first-order chi connectivity index (χ1) is 12.0. The molecule has 0 heterocycles. The molecule has 0 atom stereocenters. The van der Waals surface area contributed by atoms with Crippen molar-refractivity contribution in [3.8, 4) is 0 Å². The third-order valence-electron chi connectivity index (χ3n) is 3.99. The fraction of sp³-hybridized carbons (Fsp3) is 0.333. The Bertz CT molecular complexity index is 803. The summed E-state index contributed by atoms with van der Waals surface area (Å²) in [6, 6.07) is 9.91. The van der Waals surface area contributed by atoms with Crippen LogP contribution in [-0.2, 0) is 9.59 Å². The molecule has 7 nitrogen and oxygen atoms in total. The van der Waals surface area contributed by atoms with Crippen LogP contribution >= 0.6 is 0 Å². The number of carboxylic acid groups (broad SMARTS) is 1. The molecule has 132 valence electrons. The molecule has 2 rings (SSSR count). The summed E-state index contributed by atoms with van der Waals surface area (Å²) in [6.07, 6.45) is 1.36. The van der Waals surface area contributed by atoms with Gasteiger partial charge in [0, 0.05) is 30.8 Å². The standard InChI is InChI=1S/C18H20N2O5/c1-2-17(21)19(12-4-3-11-18(22)23)15-9-5-8-14-13(15)7-6-10-16(14)20(24)25/h5-10H,2-4,11-12H2,1H3,(H,22,23). The molecule has 0 aliphatic carbocycles. The largest absolute Gasteiger partial charge is 0.481 e. The van der Waals surface area contributed by atoms with Gasteiger partial charge in [-0.05, 0) is 25.0 Å². The average molecular weight is 344 g/mol. The number of non-ortho nitro benzene ring substituents is 1. The fourth-order valence-electron chi connectivity index (χ4n) is 2.79. The van der Waals surface area contributed by atoms with E-state index in [4.69, 9.17) is 5.11 Å². The number of carbonyl (C=O) groups excluding carboxylic acids is 1. The highest BCUT2D eigenvalue weighted by Crippen LogP contribution is 2.33. The number of hydrogen-bond donors (Lipinski definition) is 1. The lowest BCUT2D eigenvalue weighted by molar-refractivity contribution is -0.383. The molecule has 2 aromatic carbocycles. The van der Waals surface area contributed by atoms with Gasteiger partial charge in [0.25, 0.3) is 5.69 Å². The Balaban J connectivity index is 2.40. The molecule has 2 aromatic rings. The van der Waals surface area contributed by atoms with Crippen molar-refractivity contribution in [3.05, 3.63) is 46.5 Å². The van der Waals surface area contributed by atoms with Crippen molar-refractivity contribution >= 4 is 34.0 Å². The summed E-state index contributed by atoms with van der Waals surface area (Å²) < 4.78 is 0. The molecule has 25 heavy (non-hydrogen) atoms. The Morgan fingerprint density at radius 2 is 1.80 bits per heavy atom.